The van der Waals surface area contributed by atoms with E-state index in [0.29, 0.717) is 12.5 Å². The molecule has 2 aromatic rings. The Balaban J connectivity index is 0.000000196. The normalized spacial score (nSPS) is 14.5. The summed E-state index contributed by atoms with van der Waals surface area (Å²) in [6.45, 7) is 8.47. The second-order valence-electron chi connectivity index (χ2n) is 6.84. The lowest BCUT2D eigenvalue weighted by Crippen LogP contribution is -2.32. The standard InChI is InChI=1S/C11H14N4.C6H13NO2S/c1-9(2)11-12-14-15(13-11)8-10-6-4-3-5-7-10;1-5(2)7-10(8,9)6-3-4-6/h3-7,9H,8H2,1-2H3;5-7H,3-4H2,1-2H3. The molecule has 1 aromatic heterocycles. The van der Waals surface area contributed by atoms with Crippen molar-refractivity contribution in [1.29, 1.82) is 0 Å². The van der Waals surface area contributed by atoms with E-state index in [-0.39, 0.29) is 11.3 Å². The van der Waals surface area contributed by atoms with Crippen molar-refractivity contribution in [2.75, 3.05) is 0 Å². The molecule has 0 radical (unpaired) electrons. The predicted octanol–water partition coefficient (Wildman–Crippen LogP) is 2.32. The Bertz CT molecular complexity index is 752. The molecule has 1 saturated carbocycles. The quantitative estimate of drug-likeness (QED) is 0.848. The third kappa shape index (κ3) is 6.55. The van der Waals surface area contributed by atoms with Crippen LogP contribution in [0.4, 0.5) is 0 Å². The number of hydrogen-bond acceptors (Lipinski definition) is 5. The molecule has 138 valence electrons. The van der Waals surface area contributed by atoms with Gasteiger partial charge in [0.1, 0.15) is 0 Å². The molecular weight excluding hydrogens is 338 g/mol. The van der Waals surface area contributed by atoms with Gasteiger partial charge < -0.3 is 0 Å². The fraction of sp³-hybridized carbons (Fsp3) is 0.588. The highest BCUT2D eigenvalue weighted by molar-refractivity contribution is 7.90. The zero-order valence-corrected chi connectivity index (χ0v) is 16.1. The van der Waals surface area contributed by atoms with Crippen molar-refractivity contribution in [2.45, 2.75) is 64.3 Å². The monoisotopic (exact) mass is 365 g/mol. The van der Waals surface area contributed by atoms with Crippen LogP contribution in [0.15, 0.2) is 30.3 Å². The molecule has 0 bridgehead atoms. The van der Waals surface area contributed by atoms with E-state index in [9.17, 15) is 8.42 Å². The van der Waals surface area contributed by atoms with Crippen LogP contribution < -0.4 is 4.72 Å². The van der Waals surface area contributed by atoms with Crippen molar-refractivity contribution >= 4 is 10.0 Å². The predicted molar refractivity (Wildman–Crippen MR) is 97.7 cm³/mol. The van der Waals surface area contributed by atoms with Crippen LogP contribution in [0.1, 0.15) is 57.8 Å². The van der Waals surface area contributed by atoms with E-state index in [0.717, 1.165) is 18.7 Å². The molecule has 1 heterocycles. The molecule has 7 nitrogen and oxygen atoms in total. The molecule has 1 aliphatic rings. The molecule has 1 aromatic carbocycles. The molecule has 1 N–H and O–H groups in total. The molecule has 0 aliphatic heterocycles. The summed E-state index contributed by atoms with van der Waals surface area (Å²) in [4.78, 5) is 1.63. The lowest BCUT2D eigenvalue weighted by Gasteiger charge is -2.07. The summed E-state index contributed by atoms with van der Waals surface area (Å²) in [6, 6.07) is 10.2. The fourth-order valence-corrected chi connectivity index (χ4v) is 3.71. The van der Waals surface area contributed by atoms with Gasteiger partial charge in [0, 0.05) is 12.0 Å². The zero-order chi connectivity index (χ0) is 18.4. The minimum Gasteiger partial charge on any atom is -0.212 e. The van der Waals surface area contributed by atoms with Gasteiger partial charge in [0.2, 0.25) is 10.0 Å². The van der Waals surface area contributed by atoms with E-state index in [1.165, 1.54) is 5.56 Å². The first-order chi connectivity index (χ1) is 11.8. The molecule has 0 saturated heterocycles. The smallest absolute Gasteiger partial charge is 0.212 e. The van der Waals surface area contributed by atoms with Crippen LogP contribution in [0.25, 0.3) is 0 Å². The van der Waals surface area contributed by atoms with Crippen molar-refractivity contribution in [3.05, 3.63) is 41.7 Å². The summed E-state index contributed by atoms with van der Waals surface area (Å²) >= 11 is 0. The minimum absolute atomic E-state index is 0.0330. The van der Waals surface area contributed by atoms with Gasteiger partial charge in [-0.3, -0.25) is 0 Å². The number of rotatable bonds is 6. The first-order valence-corrected chi connectivity index (χ1v) is 10.2. The van der Waals surface area contributed by atoms with Gasteiger partial charge in [0.25, 0.3) is 0 Å². The van der Waals surface area contributed by atoms with Gasteiger partial charge in [-0.25, -0.2) is 13.1 Å². The third-order valence-electron chi connectivity index (χ3n) is 3.51. The highest BCUT2D eigenvalue weighted by atomic mass is 32.2. The van der Waals surface area contributed by atoms with E-state index < -0.39 is 10.0 Å². The lowest BCUT2D eigenvalue weighted by molar-refractivity contribution is 0.568. The zero-order valence-electron chi connectivity index (χ0n) is 15.3. The first-order valence-electron chi connectivity index (χ1n) is 8.60. The highest BCUT2D eigenvalue weighted by Crippen LogP contribution is 2.27. The van der Waals surface area contributed by atoms with Crippen LogP contribution in [0.2, 0.25) is 0 Å². The molecule has 1 aliphatic carbocycles. The maximum Gasteiger partial charge on any atom is 0.214 e. The summed E-state index contributed by atoms with van der Waals surface area (Å²) in [6.07, 6.45) is 1.67. The van der Waals surface area contributed by atoms with Gasteiger partial charge in [-0.1, -0.05) is 44.2 Å². The number of benzene rings is 1. The van der Waals surface area contributed by atoms with Gasteiger partial charge in [-0.05, 0) is 37.5 Å². The van der Waals surface area contributed by atoms with Gasteiger partial charge in [-0.2, -0.15) is 4.80 Å². The molecular formula is C17H27N5O2S. The van der Waals surface area contributed by atoms with Crippen LogP contribution in [-0.2, 0) is 16.6 Å². The maximum atomic E-state index is 11.1. The third-order valence-corrected chi connectivity index (χ3v) is 5.66. The number of tetrazole rings is 1. The van der Waals surface area contributed by atoms with Gasteiger partial charge in [0.15, 0.2) is 5.82 Å². The van der Waals surface area contributed by atoms with Crippen molar-refractivity contribution in [1.82, 2.24) is 24.9 Å². The van der Waals surface area contributed by atoms with Gasteiger partial charge in [-0.15, -0.1) is 10.2 Å². The molecule has 25 heavy (non-hydrogen) atoms. The lowest BCUT2D eigenvalue weighted by atomic mass is 10.2. The summed E-state index contributed by atoms with van der Waals surface area (Å²) in [5.41, 5.74) is 1.19. The van der Waals surface area contributed by atoms with Crippen LogP contribution in [0.3, 0.4) is 0 Å². The van der Waals surface area contributed by atoms with Crippen LogP contribution in [0, 0.1) is 0 Å². The molecule has 1 fully saturated rings. The number of sulfonamides is 1. The summed E-state index contributed by atoms with van der Waals surface area (Å²) in [7, 11) is -2.94. The molecule has 8 heteroatoms. The average Bonchev–Trinajstić information content (AvgIpc) is 3.29. The molecule has 0 atom stereocenters. The number of nitrogens with one attached hydrogen (secondary N) is 1. The molecule has 3 rings (SSSR count). The molecule has 0 unspecified atom stereocenters. The Morgan fingerprint density at radius 3 is 2.28 bits per heavy atom. The topological polar surface area (TPSA) is 89.8 Å². The molecule has 0 spiro atoms. The Hall–Kier alpha value is -1.80. The van der Waals surface area contributed by atoms with Gasteiger partial charge in [0.05, 0.1) is 11.8 Å². The van der Waals surface area contributed by atoms with Crippen LogP contribution in [-0.4, -0.2) is 39.9 Å². The summed E-state index contributed by atoms with van der Waals surface area (Å²) < 4.78 is 24.7. The van der Waals surface area contributed by atoms with Crippen LogP contribution >= 0.6 is 0 Å². The van der Waals surface area contributed by atoms with E-state index in [1.807, 2.05) is 32.0 Å². The van der Waals surface area contributed by atoms with E-state index in [1.54, 1.807) is 4.80 Å². The fourth-order valence-electron chi connectivity index (χ4n) is 2.10. The number of aromatic nitrogens is 4. The maximum absolute atomic E-state index is 11.1. The van der Waals surface area contributed by atoms with Crippen molar-refractivity contribution in [3.8, 4) is 0 Å². The SMILES string of the molecule is CC(C)NS(=O)(=O)C1CC1.CC(C)c1nnn(Cc2ccccc2)n1. The van der Waals surface area contributed by atoms with Crippen molar-refractivity contribution in [3.63, 3.8) is 0 Å². The Kier molecular flexibility index (Phi) is 6.66. The average molecular weight is 366 g/mol. The second-order valence-corrected chi connectivity index (χ2v) is 8.83. The van der Waals surface area contributed by atoms with Gasteiger partial charge >= 0.3 is 0 Å². The van der Waals surface area contributed by atoms with E-state index >= 15 is 0 Å². The largest absolute Gasteiger partial charge is 0.214 e. The Morgan fingerprint density at radius 1 is 1.16 bits per heavy atom. The highest BCUT2D eigenvalue weighted by Gasteiger charge is 2.35. The summed E-state index contributed by atoms with van der Waals surface area (Å²) in [5.74, 6) is 1.13. The van der Waals surface area contributed by atoms with Crippen molar-refractivity contribution < 1.29 is 8.42 Å². The first kappa shape index (κ1) is 19.5. The molecule has 0 amide bonds. The van der Waals surface area contributed by atoms with Crippen LogP contribution in [0.5, 0.6) is 0 Å². The number of nitrogens with zero attached hydrogens (tertiary/aromatic N) is 4. The van der Waals surface area contributed by atoms with E-state index in [4.69, 9.17) is 0 Å². The minimum atomic E-state index is -2.94. The Morgan fingerprint density at radius 2 is 1.80 bits per heavy atom. The second kappa shape index (κ2) is 8.53. The number of hydrogen-bond donors (Lipinski definition) is 1. The van der Waals surface area contributed by atoms with Crippen molar-refractivity contribution in [2.24, 2.45) is 0 Å². The Labute approximate surface area is 149 Å². The van der Waals surface area contributed by atoms with E-state index in [2.05, 4.69) is 46.1 Å². The summed E-state index contributed by atoms with van der Waals surface area (Å²) in [5, 5.41) is 12.2.